The number of carboxylic acid groups (broad SMARTS) is 1. The number of carboxylic acids is 1. The zero-order valence-corrected chi connectivity index (χ0v) is 18.1. The minimum atomic E-state index is -1.13. The number of halogens is 1. The topological polar surface area (TPSA) is 92.0 Å². The van der Waals surface area contributed by atoms with Gasteiger partial charge in [0.2, 0.25) is 0 Å². The van der Waals surface area contributed by atoms with Crippen molar-refractivity contribution < 1.29 is 28.2 Å². The molecule has 1 saturated heterocycles. The van der Waals surface area contributed by atoms with Crippen molar-refractivity contribution in [3.8, 4) is 17.1 Å². The molecule has 0 radical (unpaired) electrons. The van der Waals surface area contributed by atoms with Crippen molar-refractivity contribution in [2.45, 2.75) is 0 Å². The van der Waals surface area contributed by atoms with Crippen LogP contribution in [-0.4, -0.2) is 33.4 Å². The number of carbonyl (C=O) groups excluding carboxylic acids is 1. The number of hydrogen-bond donors (Lipinski definition) is 2. The van der Waals surface area contributed by atoms with Gasteiger partial charge in [0.15, 0.2) is 15.9 Å². The Labute approximate surface area is 191 Å². The molecule has 1 aromatic heterocycles. The number of nitrogens with zero attached hydrogens (tertiary/aromatic N) is 1. The second-order valence-corrected chi connectivity index (χ2v) is 8.21. The molecule has 162 valence electrons. The predicted octanol–water partition coefficient (Wildman–Crippen LogP) is 5.02. The lowest BCUT2D eigenvalue weighted by atomic mass is 10.1. The molecule has 1 amide bonds. The number of anilines is 1. The molecule has 0 unspecified atom stereocenters. The quantitative estimate of drug-likeness (QED) is 0.383. The van der Waals surface area contributed by atoms with E-state index < -0.39 is 17.7 Å². The molecule has 4 rings (SSSR count). The Morgan fingerprint density at radius 2 is 2.03 bits per heavy atom. The Morgan fingerprint density at radius 3 is 2.75 bits per heavy atom. The Hall–Kier alpha value is -3.63. The average Bonchev–Trinajstić information content (AvgIpc) is 3.34. The summed E-state index contributed by atoms with van der Waals surface area (Å²) in [5.74, 6) is -1.18. The van der Waals surface area contributed by atoms with Crippen LogP contribution in [0.4, 0.5) is 10.1 Å². The van der Waals surface area contributed by atoms with Crippen molar-refractivity contribution in [1.29, 1.82) is 0 Å². The highest BCUT2D eigenvalue weighted by Gasteiger charge is 2.33. The number of aromatic carboxylic acids is 1. The highest BCUT2D eigenvalue weighted by Crippen LogP contribution is 2.34. The third-order valence-corrected chi connectivity index (χ3v) is 5.82. The van der Waals surface area contributed by atoms with Crippen LogP contribution in [0.15, 0.2) is 63.9 Å². The smallest absolute Gasteiger partial charge is 0.337 e. The lowest BCUT2D eigenvalue weighted by Crippen LogP contribution is -2.34. The number of methoxy groups -OCH3 is 1. The van der Waals surface area contributed by atoms with Gasteiger partial charge >= 0.3 is 5.97 Å². The Kier molecular flexibility index (Phi) is 5.97. The van der Waals surface area contributed by atoms with E-state index in [1.165, 1.54) is 31.4 Å². The van der Waals surface area contributed by atoms with Gasteiger partial charge in [-0.2, -0.15) is 0 Å². The van der Waals surface area contributed by atoms with Crippen LogP contribution in [-0.2, 0) is 4.79 Å². The first-order valence-electron chi connectivity index (χ1n) is 9.18. The predicted molar refractivity (Wildman–Crippen MR) is 123 cm³/mol. The molecule has 0 bridgehead atoms. The van der Waals surface area contributed by atoms with E-state index >= 15 is 0 Å². The van der Waals surface area contributed by atoms with Gasteiger partial charge in [0.25, 0.3) is 5.91 Å². The molecular weight excluding hydrogens is 455 g/mol. The van der Waals surface area contributed by atoms with Gasteiger partial charge < -0.3 is 14.3 Å². The summed E-state index contributed by atoms with van der Waals surface area (Å²) in [6, 6.07) is 14.0. The fourth-order valence-electron chi connectivity index (χ4n) is 2.99. The summed E-state index contributed by atoms with van der Waals surface area (Å²) in [7, 11) is 1.38. The molecular formula is C22H15FN2O5S2. The molecule has 0 spiro atoms. The maximum atomic E-state index is 14.0. The molecule has 2 N–H and O–H groups in total. The maximum absolute atomic E-state index is 14.0. The zero-order chi connectivity index (χ0) is 22.8. The Morgan fingerprint density at radius 1 is 1.25 bits per heavy atom. The number of carbonyl (C=O) groups is 2. The number of hydrazine groups is 1. The van der Waals surface area contributed by atoms with Crippen LogP contribution >= 0.6 is 24.0 Å². The van der Waals surface area contributed by atoms with E-state index in [0.29, 0.717) is 17.1 Å². The first kappa shape index (κ1) is 21.6. The lowest BCUT2D eigenvalue weighted by molar-refractivity contribution is -0.121. The van der Waals surface area contributed by atoms with Gasteiger partial charge in [-0.15, -0.1) is 0 Å². The summed E-state index contributed by atoms with van der Waals surface area (Å²) < 4.78 is 24.8. The molecule has 32 heavy (non-hydrogen) atoms. The fourth-order valence-corrected chi connectivity index (χ4v) is 4.15. The first-order valence-corrected chi connectivity index (χ1v) is 10.4. The number of amides is 1. The van der Waals surface area contributed by atoms with Crippen molar-refractivity contribution in [2.24, 2.45) is 0 Å². The van der Waals surface area contributed by atoms with Crippen LogP contribution in [0.5, 0.6) is 5.75 Å². The van der Waals surface area contributed by atoms with Crippen molar-refractivity contribution >= 4 is 51.9 Å². The van der Waals surface area contributed by atoms with Crippen LogP contribution in [0.3, 0.4) is 0 Å². The maximum Gasteiger partial charge on any atom is 0.337 e. The summed E-state index contributed by atoms with van der Waals surface area (Å²) in [5, 5.41) is 10.4. The Bertz CT molecular complexity index is 1270. The van der Waals surface area contributed by atoms with Gasteiger partial charge in [-0.25, -0.2) is 14.2 Å². The summed E-state index contributed by atoms with van der Waals surface area (Å²) in [5.41, 5.74) is 3.53. The van der Waals surface area contributed by atoms with E-state index in [0.717, 1.165) is 16.8 Å². The first-order chi connectivity index (χ1) is 15.4. The molecule has 1 fully saturated rings. The van der Waals surface area contributed by atoms with Crippen LogP contribution < -0.4 is 10.2 Å². The fraction of sp³-hybridized carbons (Fsp3) is 0.0455. The normalized spacial score (nSPS) is 14.8. The van der Waals surface area contributed by atoms with Crippen LogP contribution in [0.1, 0.15) is 16.1 Å². The van der Waals surface area contributed by atoms with Crippen molar-refractivity contribution in [2.75, 3.05) is 12.5 Å². The van der Waals surface area contributed by atoms with Gasteiger partial charge in [0.1, 0.15) is 11.5 Å². The number of ether oxygens (including phenoxy) is 1. The SMILES string of the molecule is COc1ccc(-c2ccc(/C=C3/SC(=S)N(Nc4ccccc4C(=O)O)C3=O)o2)cc1F. The summed E-state index contributed by atoms with van der Waals surface area (Å²) >= 11 is 6.32. The number of nitrogens with one attached hydrogen (secondary N) is 1. The van der Waals surface area contributed by atoms with E-state index in [1.807, 2.05) is 0 Å². The van der Waals surface area contributed by atoms with Gasteiger partial charge in [-0.1, -0.05) is 23.9 Å². The largest absolute Gasteiger partial charge is 0.494 e. The third-order valence-electron chi connectivity index (χ3n) is 4.52. The minimum Gasteiger partial charge on any atom is -0.494 e. The number of rotatable bonds is 6. The molecule has 1 aliphatic rings. The number of para-hydroxylation sites is 1. The monoisotopic (exact) mass is 470 g/mol. The Balaban J connectivity index is 1.55. The second kappa shape index (κ2) is 8.85. The molecule has 3 aromatic rings. The molecule has 0 aliphatic carbocycles. The number of benzene rings is 2. The number of furan rings is 1. The molecule has 10 heteroatoms. The van der Waals surface area contributed by atoms with Crippen molar-refractivity contribution in [3.05, 3.63) is 76.6 Å². The van der Waals surface area contributed by atoms with Gasteiger partial charge in [-0.05, 0) is 54.7 Å². The number of thioether (sulfide) groups is 1. The average molecular weight is 471 g/mol. The van der Waals surface area contributed by atoms with Gasteiger partial charge in [0.05, 0.1) is 23.3 Å². The van der Waals surface area contributed by atoms with Crippen molar-refractivity contribution in [3.63, 3.8) is 0 Å². The second-order valence-electron chi connectivity index (χ2n) is 6.53. The van der Waals surface area contributed by atoms with Crippen LogP contribution in [0, 0.1) is 5.82 Å². The number of thiocarbonyl (C=S) groups is 1. The zero-order valence-electron chi connectivity index (χ0n) is 16.5. The van der Waals surface area contributed by atoms with Crippen LogP contribution in [0.2, 0.25) is 0 Å². The van der Waals surface area contributed by atoms with Gasteiger partial charge in [0, 0.05) is 11.6 Å². The van der Waals surface area contributed by atoms with E-state index in [-0.39, 0.29) is 26.2 Å². The summed E-state index contributed by atoms with van der Waals surface area (Å²) in [4.78, 5) is 24.5. The minimum absolute atomic E-state index is 0.00734. The standard InChI is InChI=1S/C22H15FN2O5S2/c1-29-18-8-6-12(10-15(18)23)17-9-7-13(30-17)11-19-20(26)25(22(31)32-19)24-16-5-3-2-4-14(16)21(27)28/h2-11,24H,1H3,(H,27,28)/b19-11+. The lowest BCUT2D eigenvalue weighted by Gasteiger charge is -2.18. The molecule has 7 nitrogen and oxygen atoms in total. The third kappa shape index (κ3) is 4.23. The molecule has 2 aromatic carbocycles. The van der Waals surface area contributed by atoms with E-state index in [1.54, 1.807) is 36.4 Å². The number of hydrogen-bond acceptors (Lipinski definition) is 7. The van der Waals surface area contributed by atoms with Gasteiger partial charge in [-0.3, -0.25) is 10.2 Å². The highest BCUT2D eigenvalue weighted by atomic mass is 32.2. The van der Waals surface area contributed by atoms with E-state index in [4.69, 9.17) is 21.4 Å². The van der Waals surface area contributed by atoms with Crippen LogP contribution in [0.25, 0.3) is 17.4 Å². The van der Waals surface area contributed by atoms with Crippen molar-refractivity contribution in [1.82, 2.24) is 5.01 Å². The molecule has 2 heterocycles. The highest BCUT2D eigenvalue weighted by molar-refractivity contribution is 8.26. The summed E-state index contributed by atoms with van der Waals surface area (Å²) in [6.45, 7) is 0. The molecule has 1 aliphatic heterocycles. The van der Waals surface area contributed by atoms with E-state index in [2.05, 4.69) is 5.43 Å². The molecule has 0 atom stereocenters. The molecule has 0 saturated carbocycles. The van der Waals surface area contributed by atoms with E-state index in [9.17, 15) is 19.1 Å². The summed E-state index contributed by atoms with van der Waals surface area (Å²) in [6.07, 6.45) is 1.52.